The van der Waals surface area contributed by atoms with Crippen molar-refractivity contribution < 1.29 is 14.3 Å². The average molecular weight is 426 g/mol. The Balaban J connectivity index is 1.14. The quantitative estimate of drug-likeness (QED) is 0.578. The minimum Gasteiger partial charge on any atom is -0.379 e. The third kappa shape index (κ3) is 4.61. The Morgan fingerprint density at radius 1 is 1.19 bits per heavy atom. The number of carbonyl (C=O) groups excluding carboxylic acids is 2. The topological polar surface area (TPSA) is 98.5 Å². The molecule has 2 saturated heterocycles. The van der Waals surface area contributed by atoms with E-state index in [0.29, 0.717) is 12.8 Å². The number of rotatable bonds is 5. The number of H-pyrrole nitrogens is 1. The summed E-state index contributed by atoms with van der Waals surface area (Å²) in [5, 5.41) is 11.0. The van der Waals surface area contributed by atoms with Gasteiger partial charge in [-0.15, -0.1) is 0 Å². The zero-order valence-electron chi connectivity index (χ0n) is 17.7. The fraction of sp³-hybridized carbons (Fsp3) is 0.565. The standard InChI is InChI=1S/C23H31N5O3/c29-21(7-8-28-9-11-31-12-10-28)24-16-5-6-19-17(14-16)23(30)27-22(26-19)20-13-15-3-1-2-4-18(15)25-20/h1-4,13,16-17,19,22,25-26H,5-12,14H2,(H,24,29)(H,27,30). The van der Waals surface area contributed by atoms with Gasteiger partial charge in [-0.1, -0.05) is 18.2 Å². The minimum atomic E-state index is -0.208. The van der Waals surface area contributed by atoms with Crippen LogP contribution in [0, 0.1) is 5.92 Å². The van der Waals surface area contributed by atoms with Gasteiger partial charge in [0.15, 0.2) is 0 Å². The molecule has 31 heavy (non-hydrogen) atoms. The summed E-state index contributed by atoms with van der Waals surface area (Å²) in [7, 11) is 0. The molecule has 166 valence electrons. The molecular formula is C23H31N5O3. The first-order chi connectivity index (χ1) is 15.2. The van der Waals surface area contributed by atoms with E-state index in [4.69, 9.17) is 4.74 Å². The van der Waals surface area contributed by atoms with Gasteiger partial charge in [0.1, 0.15) is 6.17 Å². The highest BCUT2D eigenvalue weighted by Crippen LogP contribution is 2.31. The van der Waals surface area contributed by atoms with E-state index in [-0.39, 0.29) is 36.0 Å². The predicted molar refractivity (Wildman–Crippen MR) is 117 cm³/mol. The Bertz CT molecular complexity index is 905. The summed E-state index contributed by atoms with van der Waals surface area (Å²) in [5.74, 6) is 0.0358. The molecule has 0 spiro atoms. The monoisotopic (exact) mass is 425 g/mol. The molecule has 2 aromatic rings. The van der Waals surface area contributed by atoms with Crippen molar-refractivity contribution in [1.29, 1.82) is 0 Å². The predicted octanol–water partition coefficient (Wildman–Crippen LogP) is 1.26. The first-order valence-electron chi connectivity index (χ1n) is 11.4. The molecule has 8 heteroatoms. The van der Waals surface area contributed by atoms with Crippen molar-refractivity contribution in [3.63, 3.8) is 0 Å². The van der Waals surface area contributed by atoms with E-state index in [0.717, 1.165) is 62.3 Å². The molecule has 4 unspecified atom stereocenters. The van der Waals surface area contributed by atoms with Crippen molar-refractivity contribution in [3.05, 3.63) is 36.0 Å². The van der Waals surface area contributed by atoms with Crippen molar-refractivity contribution in [2.24, 2.45) is 5.92 Å². The summed E-state index contributed by atoms with van der Waals surface area (Å²) < 4.78 is 5.35. The number of aromatic nitrogens is 1. The Kier molecular flexibility index (Phi) is 5.93. The second-order valence-electron chi connectivity index (χ2n) is 8.91. The summed E-state index contributed by atoms with van der Waals surface area (Å²) in [6.45, 7) is 4.04. The fourth-order valence-corrected chi connectivity index (χ4v) is 5.10. The molecule has 0 bridgehead atoms. The van der Waals surface area contributed by atoms with Crippen LogP contribution < -0.4 is 16.0 Å². The number of ether oxygens (including phenoxy) is 1. The lowest BCUT2D eigenvalue weighted by molar-refractivity contribution is -0.132. The van der Waals surface area contributed by atoms with Gasteiger partial charge in [0.05, 0.1) is 24.8 Å². The number of amides is 2. The highest BCUT2D eigenvalue weighted by atomic mass is 16.5. The lowest BCUT2D eigenvalue weighted by atomic mass is 9.79. The van der Waals surface area contributed by atoms with Gasteiger partial charge in [0.25, 0.3) is 0 Å². The van der Waals surface area contributed by atoms with Crippen LogP contribution in [0.1, 0.15) is 37.5 Å². The number of hydrogen-bond donors (Lipinski definition) is 4. The maximum absolute atomic E-state index is 12.9. The van der Waals surface area contributed by atoms with Gasteiger partial charge in [-0.05, 0) is 36.8 Å². The number of hydrogen-bond acceptors (Lipinski definition) is 5. The Morgan fingerprint density at radius 2 is 2.03 bits per heavy atom. The molecule has 4 N–H and O–H groups in total. The maximum Gasteiger partial charge on any atom is 0.226 e. The maximum atomic E-state index is 12.9. The van der Waals surface area contributed by atoms with E-state index >= 15 is 0 Å². The SMILES string of the molecule is O=C(CCN1CCOCC1)NC1CCC2NC(c3cc4ccccc4[nH]3)NC(=O)C2C1. The molecule has 1 aromatic heterocycles. The molecular weight excluding hydrogens is 394 g/mol. The number of carbonyl (C=O) groups is 2. The molecule has 5 rings (SSSR count). The lowest BCUT2D eigenvalue weighted by Gasteiger charge is -2.42. The molecule has 1 aromatic carbocycles. The third-order valence-corrected chi connectivity index (χ3v) is 6.84. The smallest absolute Gasteiger partial charge is 0.226 e. The number of nitrogens with zero attached hydrogens (tertiary/aromatic N) is 1. The number of benzene rings is 1. The van der Waals surface area contributed by atoms with E-state index in [1.54, 1.807) is 0 Å². The fourth-order valence-electron chi connectivity index (χ4n) is 5.10. The van der Waals surface area contributed by atoms with E-state index < -0.39 is 0 Å². The molecule has 3 heterocycles. The summed E-state index contributed by atoms with van der Waals surface area (Å²) in [4.78, 5) is 31.0. The highest BCUT2D eigenvalue weighted by molar-refractivity contribution is 5.83. The minimum absolute atomic E-state index is 0.0654. The van der Waals surface area contributed by atoms with Gasteiger partial charge in [0, 0.05) is 43.7 Å². The van der Waals surface area contributed by atoms with Crippen molar-refractivity contribution in [2.45, 2.75) is 43.9 Å². The lowest BCUT2D eigenvalue weighted by Crippen LogP contribution is -2.60. The van der Waals surface area contributed by atoms with Crippen LogP contribution in [-0.2, 0) is 14.3 Å². The van der Waals surface area contributed by atoms with Crippen LogP contribution in [0.2, 0.25) is 0 Å². The van der Waals surface area contributed by atoms with Crippen LogP contribution >= 0.6 is 0 Å². The summed E-state index contributed by atoms with van der Waals surface area (Å²) in [6, 6.07) is 10.4. The molecule has 1 saturated carbocycles. The van der Waals surface area contributed by atoms with Gasteiger partial charge in [-0.2, -0.15) is 0 Å². The third-order valence-electron chi connectivity index (χ3n) is 6.84. The van der Waals surface area contributed by atoms with Crippen LogP contribution in [0.3, 0.4) is 0 Å². The van der Waals surface area contributed by atoms with Crippen LogP contribution in [0.15, 0.2) is 30.3 Å². The molecule has 8 nitrogen and oxygen atoms in total. The Labute approximate surface area is 182 Å². The molecule has 2 amide bonds. The molecule has 2 aliphatic heterocycles. The zero-order valence-corrected chi connectivity index (χ0v) is 17.7. The highest BCUT2D eigenvalue weighted by Gasteiger charge is 2.41. The molecule has 0 radical (unpaired) electrons. The van der Waals surface area contributed by atoms with Crippen molar-refractivity contribution in [3.8, 4) is 0 Å². The number of aromatic amines is 1. The summed E-state index contributed by atoms with van der Waals surface area (Å²) >= 11 is 0. The Morgan fingerprint density at radius 3 is 2.87 bits per heavy atom. The first kappa shape index (κ1) is 20.5. The molecule has 3 fully saturated rings. The van der Waals surface area contributed by atoms with E-state index in [1.807, 2.05) is 18.2 Å². The van der Waals surface area contributed by atoms with Crippen LogP contribution in [0.25, 0.3) is 10.9 Å². The normalized spacial score (nSPS) is 29.4. The van der Waals surface area contributed by atoms with Crippen molar-refractivity contribution in [2.75, 3.05) is 32.8 Å². The zero-order chi connectivity index (χ0) is 21.2. The van der Waals surface area contributed by atoms with Crippen molar-refractivity contribution >= 4 is 22.7 Å². The number of morpholine rings is 1. The van der Waals surface area contributed by atoms with Gasteiger partial charge >= 0.3 is 0 Å². The van der Waals surface area contributed by atoms with Gasteiger partial charge in [-0.3, -0.25) is 19.8 Å². The van der Waals surface area contributed by atoms with E-state index in [1.165, 1.54) is 0 Å². The van der Waals surface area contributed by atoms with Gasteiger partial charge < -0.3 is 20.4 Å². The van der Waals surface area contributed by atoms with E-state index in [9.17, 15) is 9.59 Å². The molecule has 1 aliphatic carbocycles. The van der Waals surface area contributed by atoms with Gasteiger partial charge in [-0.25, -0.2) is 0 Å². The van der Waals surface area contributed by atoms with E-state index in [2.05, 4.69) is 38.0 Å². The average Bonchev–Trinajstić information content (AvgIpc) is 3.23. The number of fused-ring (bicyclic) bond motifs is 2. The molecule has 4 atom stereocenters. The summed E-state index contributed by atoms with van der Waals surface area (Å²) in [5.41, 5.74) is 2.05. The van der Waals surface area contributed by atoms with Crippen molar-refractivity contribution in [1.82, 2.24) is 25.8 Å². The summed E-state index contributed by atoms with van der Waals surface area (Å²) in [6.07, 6.45) is 2.75. The van der Waals surface area contributed by atoms with Gasteiger partial charge in [0.2, 0.25) is 11.8 Å². The second-order valence-corrected chi connectivity index (χ2v) is 8.91. The number of nitrogens with one attached hydrogen (secondary N) is 4. The Hall–Kier alpha value is -2.42. The largest absolute Gasteiger partial charge is 0.379 e. The first-order valence-corrected chi connectivity index (χ1v) is 11.4. The number of para-hydroxylation sites is 1. The van der Waals surface area contributed by atoms with Crippen LogP contribution in [-0.4, -0.2) is 66.6 Å². The van der Waals surface area contributed by atoms with Crippen LogP contribution in [0.5, 0.6) is 0 Å². The molecule has 3 aliphatic rings. The second kappa shape index (κ2) is 8.98. The van der Waals surface area contributed by atoms with Crippen LogP contribution in [0.4, 0.5) is 0 Å².